The number of carbonyl (C=O) groups is 3. The molecule has 0 saturated heterocycles. The average molecular weight is 513 g/mol. The Kier molecular flexibility index (Phi) is 8.77. The number of nitrogens with zero attached hydrogens (tertiary/aromatic N) is 2. The third-order valence-electron chi connectivity index (χ3n) is 6.27. The number of ether oxygens (including phenoxy) is 2. The molecule has 1 radical (unpaired) electrons. The first-order valence-electron chi connectivity index (χ1n) is 12.3. The fourth-order valence-corrected chi connectivity index (χ4v) is 4.33. The summed E-state index contributed by atoms with van der Waals surface area (Å²) in [5, 5.41) is 7.53. The number of fused-ring (bicyclic) bond motifs is 1. The molecule has 8 heteroatoms. The predicted octanol–water partition coefficient (Wildman–Crippen LogP) is 4.10. The monoisotopic (exact) mass is 512 g/mol. The van der Waals surface area contributed by atoms with Crippen LogP contribution in [0.25, 0.3) is 5.57 Å². The van der Waals surface area contributed by atoms with Gasteiger partial charge in [-0.2, -0.15) is 0 Å². The van der Waals surface area contributed by atoms with Crippen LogP contribution < -0.4 is 20.1 Å². The molecular formula is C30H30N3O5. The van der Waals surface area contributed by atoms with E-state index < -0.39 is 6.04 Å². The number of benzene rings is 3. The Hall–Kier alpha value is -4.59. The molecule has 3 aromatic rings. The van der Waals surface area contributed by atoms with Gasteiger partial charge in [-0.15, -0.1) is 0 Å². The van der Waals surface area contributed by atoms with Gasteiger partial charge in [-0.05, 0) is 48.4 Å². The van der Waals surface area contributed by atoms with Crippen LogP contribution in [0.5, 0.6) is 11.5 Å². The molecule has 3 aromatic carbocycles. The van der Waals surface area contributed by atoms with Gasteiger partial charge < -0.3 is 19.7 Å². The first-order chi connectivity index (χ1) is 18.5. The second-order valence-electron chi connectivity index (χ2n) is 8.96. The molecule has 1 N–H and O–H groups in total. The quantitative estimate of drug-likeness (QED) is 0.369. The molecule has 0 aliphatic carbocycles. The molecule has 1 heterocycles. The van der Waals surface area contributed by atoms with E-state index in [0.29, 0.717) is 30.0 Å². The molecule has 1 unspecified atom stereocenters. The van der Waals surface area contributed by atoms with Crippen molar-refractivity contribution in [2.75, 3.05) is 20.3 Å². The number of nitrogens with one attached hydrogen (secondary N) is 1. The number of methoxy groups -OCH3 is 1. The summed E-state index contributed by atoms with van der Waals surface area (Å²) in [6.45, 7) is 1.93. The number of rotatable bonds is 12. The van der Waals surface area contributed by atoms with Crippen LogP contribution >= 0.6 is 0 Å². The van der Waals surface area contributed by atoms with E-state index in [1.54, 1.807) is 36.3 Å². The van der Waals surface area contributed by atoms with Gasteiger partial charge in [0, 0.05) is 42.9 Å². The van der Waals surface area contributed by atoms with Crippen LogP contribution in [0.1, 0.15) is 34.8 Å². The highest BCUT2D eigenvalue weighted by atomic mass is 16.5. The van der Waals surface area contributed by atoms with E-state index in [4.69, 9.17) is 9.47 Å². The highest BCUT2D eigenvalue weighted by Gasteiger charge is 2.24. The molecule has 0 spiro atoms. The summed E-state index contributed by atoms with van der Waals surface area (Å²) in [7, 11) is 1.60. The van der Waals surface area contributed by atoms with Gasteiger partial charge in [0.2, 0.25) is 5.91 Å². The van der Waals surface area contributed by atoms with Crippen molar-refractivity contribution in [2.45, 2.75) is 25.9 Å². The topological polar surface area (TPSA) is 99.0 Å². The minimum absolute atomic E-state index is 0.118. The molecule has 4 rings (SSSR count). The first kappa shape index (κ1) is 26.5. The first-order valence-corrected chi connectivity index (χ1v) is 12.3. The van der Waals surface area contributed by atoms with Crippen molar-refractivity contribution < 1.29 is 23.9 Å². The molecule has 0 bridgehead atoms. The molecule has 38 heavy (non-hydrogen) atoms. The number of aldehydes is 1. The highest BCUT2D eigenvalue weighted by molar-refractivity contribution is 5.81. The van der Waals surface area contributed by atoms with Crippen LogP contribution in [0, 0.1) is 0 Å². The Morgan fingerprint density at radius 2 is 1.76 bits per heavy atom. The standard InChI is InChI=1S/C30H30N3O5/c1-21(35)33(17-23-7-3-6-10-29(23)37-2)18-25(15-24-16-31-28-9-5-4-8-27(24)28)32-30(36)20-38-26-13-11-22(19-34)12-14-26/h3-14,16,19,25H,15,17-18,20H2,1-2H3,(H,32,36). The lowest BCUT2D eigenvalue weighted by Gasteiger charge is -2.28. The van der Waals surface area contributed by atoms with Crippen molar-refractivity contribution in [3.63, 3.8) is 0 Å². The molecule has 1 aliphatic rings. The number of hydrogen-bond donors (Lipinski definition) is 1. The summed E-state index contributed by atoms with van der Waals surface area (Å²) >= 11 is 0. The molecular weight excluding hydrogens is 482 g/mol. The Bertz CT molecular complexity index is 1320. The Morgan fingerprint density at radius 3 is 2.50 bits per heavy atom. The van der Waals surface area contributed by atoms with Gasteiger partial charge in [-0.1, -0.05) is 36.4 Å². The summed E-state index contributed by atoms with van der Waals surface area (Å²) in [4.78, 5) is 38.1. The maximum absolute atomic E-state index is 12.9. The van der Waals surface area contributed by atoms with Crippen molar-refractivity contribution >= 4 is 29.4 Å². The third kappa shape index (κ3) is 6.79. The molecule has 0 saturated carbocycles. The third-order valence-corrected chi connectivity index (χ3v) is 6.27. The molecule has 0 aromatic heterocycles. The van der Waals surface area contributed by atoms with Gasteiger partial charge in [0.25, 0.3) is 5.91 Å². The SMILES string of the molecule is COc1ccccc1CN(CC(CC1=C[N]c2ccccc21)NC(=O)COc1ccc(C=O)cc1)C(C)=O. The van der Waals surface area contributed by atoms with Crippen LogP contribution in [0.3, 0.4) is 0 Å². The van der Waals surface area contributed by atoms with E-state index in [1.165, 1.54) is 6.92 Å². The van der Waals surface area contributed by atoms with Gasteiger partial charge in [0.15, 0.2) is 6.61 Å². The van der Waals surface area contributed by atoms with Crippen LogP contribution in [-0.4, -0.2) is 49.3 Å². The van der Waals surface area contributed by atoms with E-state index in [9.17, 15) is 14.4 Å². The normalized spacial score (nSPS) is 12.4. The molecule has 8 nitrogen and oxygen atoms in total. The van der Waals surface area contributed by atoms with E-state index >= 15 is 0 Å². The molecule has 1 aliphatic heterocycles. The van der Waals surface area contributed by atoms with Crippen molar-refractivity contribution in [2.24, 2.45) is 0 Å². The fourth-order valence-electron chi connectivity index (χ4n) is 4.33. The van der Waals surface area contributed by atoms with Crippen molar-refractivity contribution in [3.8, 4) is 11.5 Å². The van der Waals surface area contributed by atoms with Gasteiger partial charge in [-0.25, -0.2) is 0 Å². The largest absolute Gasteiger partial charge is 0.496 e. The molecule has 2 amide bonds. The Balaban J connectivity index is 1.48. The van der Waals surface area contributed by atoms with Crippen LogP contribution in [-0.2, 0) is 16.1 Å². The van der Waals surface area contributed by atoms with Crippen LogP contribution in [0.2, 0.25) is 0 Å². The van der Waals surface area contributed by atoms with E-state index in [-0.39, 0.29) is 25.0 Å². The zero-order valence-corrected chi connectivity index (χ0v) is 21.4. The smallest absolute Gasteiger partial charge is 0.258 e. The predicted molar refractivity (Wildman–Crippen MR) is 144 cm³/mol. The number of hydrogen-bond acceptors (Lipinski definition) is 5. The molecule has 195 valence electrons. The summed E-state index contributed by atoms with van der Waals surface area (Å²) in [6.07, 6.45) is 3.04. The lowest BCUT2D eigenvalue weighted by Crippen LogP contribution is -2.46. The molecule has 1 atom stereocenters. The average Bonchev–Trinajstić information content (AvgIpc) is 3.34. The van der Waals surface area contributed by atoms with Crippen molar-refractivity contribution in [1.82, 2.24) is 15.5 Å². The molecule has 0 fully saturated rings. The Labute approximate surface area is 222 Å². The minimum atomic E-state index is -0.394. The van der Waals surface area contributed by atoms with Crippen molar-refractivity contribution in [1.29, 1.82) is 0 Å². The van der Waals surface area contributed by atoms with Gasteiger partial charge in [-0.3, -0.25) is 19.7 Å². The lowest BCUT2D eigenvalue weighted by molar-refractivity contribution is -0.131. The van der Waals surface area contributed by atoms with E-state index in [2.05, 4.69) is 10.6 Å². The zero-order chi connectivity index (χ0) is 26.9. The summed E-state index contributed by atoms with van der Waals surface area (Å²) in [5.74, 6) is 0.737. The number of para-hydroxylation sites is 2. The van der Waals surface area contributed by atoms with Gasteiger partial charge in [0.05, 0.1) is 18.8 Å². The lowest BCUT2D eigenvalue weighted by atomic mass is 9.99. The maximum Gasteiger partial charge on any atom is 0.258 e. The zero-order valence-electron chi connectivity index (χ0n) is 21.4. The Morgan fingerprint density at radius 1 is 1.03 bits per heavy atom. The number of amides is 2. The van der Waals surface area contributed by atoms with Crippen LogP contribution in [0.15, 0.2) is 79.0 Å². The van der Waals surface area contributed by atoms with Gasteiger partial charge >= 0.3 is 0 Å². The second-order valence-corrected chi connectivity index (χ2v) is 8.96. The summed E-state index contributed by atoms with van der Waals surface area (Å²) < 4.78 is 11.1. The van der Waals surface area contributed by atoms with Crippen molar-refractivity contribution in [3.05, 3.63) is 95.7 Å². The van der Waals surface area contributed by atoms with E-state index in [1.807, 2.05) is 54.7 Å². The second kappa shape index (κ2) is 12.6. The summed E-state index contributed by atoms with van der Waals surface area (Å²) in [5.41, 5.74) is 4.27. The fraction of sp³-hybridized carbons (Fsp3) is 0.233. The highest BCUT2D eigenvalue weighted by Crippen LogP contribution is 2.33. The summed E-state index contributed by atoms with van der Waals surface area (Å²) in [6, 6.07) is 21.5. The number of carbonyl (C=O) groups excluding carboxylic acids is 3. The van der Waals surface area contributed by atoms with Crippen LogP contribution in [0.4, 0.5) is 5.69 Å². The minimum Gasteiger partial charge on any atom is -0.496 e. The van der Waals surface area contributed by atoms with E-state index in [0.717, 1.165) is 28.7 Å². The van der Waals surface area contributed by atoms with Gasteiger partial charge in [0.1, 0.15) is 17.8 Å². The maximum atomic E-state index is 12.9.